The number of furan rings is 1. The zero-order valence-corrected chi connectivity index (χ0v) is 8.46. The van der Waals surface area contributed by atoms with E-state index in [2.05, 4.69) is 4.98 Å². The van der Waals surface area contributed by atoms with Gasteiger partial charge in [-0.3, -0.25) is 0 Å². The van der Waals surface area contributed by atoms with Crippen LogP contribution in [0.1, 0.15) is 7.43 Å². The van der Waals surface area contributed by atoms with E-state index in [-0.39, 0.29) is 7.43 Å². The third kappa shape index (κ3) is 2.13. The number of ether oxygens (including phenoxy) is 1. The average molecular weight is 227 g/mol. The van der Waals surface area contributed by atoms with Gasteiger partial charge >= 0.3 is 0 Å². The second kappa shape index (κ2) is 4.70. The Labute approximate surface area is 99.7 Å². The molecule has 0 saturated heterocycles. The molecule has 3 nitrogen and oxygen atoms in total. The van der Waals surface area contributed by atoms with E-state index in [1.807, 2.05) is 42.5 Å². The molecule has 0 bridgehead atoms. The van der Waals surface area contributed by atoms with Crippen LogP contribution in [0.5, 0.6) is 11.6 Å². The Morgan fingerprint density at radius 3 is 2.65 bits per heavy atom. The predicted molar refractivity (Wildman–Crippen MR) is 67.3 cm³/mol. The number of fused-ring (bicyclic) bond motifs is 1. The van der Waals surface area contributed by atoms with E-state index in [9.17, 15) is 0 Å². The molecule has 3 heteroatoms. The quantitative estimate of drug-likeness (QED) is 0.656. The molecule has 2 heterocycles. The molecule has 0 aliphatic heterocycles. The van der Waals surface area contributed by atoms with E-state index in [1.165, 1.54) is 0 Å². The topological polar surface area (TPSA) is 35.3 Å². The highest BCUT2D eigenvalue weighted by molar-refractivity contribution is 5.82. The Hall–Kier alpha value is -2.29. The van der Waals surface area contributed by atoms with Gasteiger partial charge in [-0.05, 0) is 24.3 Å². The summed E-state index contributed by atoms with van der Waals surface area (Å²) >= 11 is 0. The average Bonchev–Trinajstić information content (AvgIpc) is 2.80. The number of nitrogens with zero attached hydrogens (tertiary/aromatic N) is 1. The molecule has 0 atom stereocenters. The molecule has 0 aliphatic carbocycles. The Morgan fingerprint density at radius 2 is 1.82 bits per heavy atom. The smallest absolute Gasteiger partial charge is 0.230 e. The summed E-state index contributed by atoms with van der Waals surface area (Å²) in [6, 6.07) is 13.2. The Bertz CT molecular complexity index is 602. The number of benzene rings is 1. The molecule has 0 aliphatic rings. The lowest BCUT2D eigenvalue weighted by Crippen LogP contribution is -1.87. The molecule has 0 spiro atoms. The molecule has 0 fully saturated rings. The second-order valence-corrected chi connectivity index (χ2v) is 3.36. The molecule has 86 valence electrons. The molecule has 17 heavy (non-hydrogen) atoms. The number of aromatic nitrogens is 1. The summed E-state index contributed by atoms with van der Waals surface area (Å²) < 4.78 is 11.0. The van der Waals surface area contributed by atoms with E-state index in [0.29, 0.717) is 5.88 Å². The monoisotopic (exact) mass is 227 g/mol. The molecule has 2 aromatic heterocycles. The number of hydrogen-bond donors (Lipinski definition) is 0. The second-order valence-electron chi connectivity index (χ2n) is 3.36. The van der Waals surface area contributed by atoms with Crippen LogP contribution >= 0.6 is 0 Å². The zero-order valence-electron chi connectivity index (χ0n) is 8.46. The minimum Gasteiger partial charge on any atom is -0.464 e. The van der Waals surface area contributed by atoms with Crippen molar-refractivity contribution in [3.63, 3.8) is 0 Å². The molecule has 3 aromatic rings. The largest absolute Gasteiger partial charge is 0.464 e. The Morgan fingerprint density at radius 1 is 1.00 bits per heavy atom. The number of para-hydroxylation sites is 1. The first-order valence-electron chi connectivity index (χ1n) is 4.98. The first-order valence-corrected chi connectivity index (χ1v) is 4.98. The van der Waals surface area contributed by atoms with Crippen LogP contribution in [0.15, 0.2) is 59.3 Å². The van der Waals surface area contributed by atoms with Crippen LogP contribution < -0.4 is 4.74 Å². The summed E-state index contributed by atoms with van der Waals surface area (Å²) in [7, 11) is 0. The van der Waals surface area contributed by atoms with Gasteiger partial charge in [-0.1, -0.05) is 25.6 Å². The van der Waals surface area contributed by atoms with Gasteiger partial charge < -0.3 is 9.15 Å². The maximum absolute atomic E-state index is 5.68. The van der Waals surface area contributed by atoms with Gasteiger partial charge in [0.25, 0.3) is 0 Å². The van der Waals surface area contributed by atoms with Crippen LogP contribution in [0, 0.1) is 0 Å². The molecule has 0 N–H and O–H groups in total. The van der Waals surface area contributed by atoms with E-state index in [4.69, 9.17) is 9.15 Å². The zero-order chi connectivity index (χ0) is 10.8. The van der Waals surface area contributed by atoms with Gasteiger partial charge in [0, 0.05) is 6.20 Å². The fourth-order valence-electron chi connectivity index (χ4n) is 1.55. The third-order valence-corrected chi connectivity index (χ3v) is 2.30. The maximum atomic E-state index is 5.68. The van der Waals surface area contributed by atoms with Crippen molar-refractivity contribution >= 4 is 11.0 Å². The van der Waals surface area contributed by atoms with Gasteiger partial charge in [0.1, 0.15) is 11.3 Å². The van der Waals surface area contributed by atoms with Gasteiger partial charge in [0.2, 0.25) is 5.88 Å². The molecular weight excluding hydrogens is 214 g/mol. The van der Waals surface area contributed by atoms with Crippen molar-refractivity contribution in [1.29, 1.82) is 0 Å². The third-order valence-electron chi connectivity index (χ3n) is 2.30. The first-order chi connectivity index (χ1) is 7.93. The normalized spacial score (nSPS) is 9.88. The number of hydrogen-bond acceptors (Lipinski definition) is 3. The van der Waals surface area contributed by atoms with Crippen LogP contribution in [-0.4, -0.2) is 4.98 Å². The van der Waals surface area contributed by atoms with Crippen molar-refractivity contribution in [2.24, 2.45) is 0 Å². The highest BCUT2D eigenvalue weighted by Gasteiger charge is 2.06. The van der Waals surface area contributed by atoms with Crippen molar-refractivity contribution in [2.75, 3.05) is 0 Å². The van der Waals surface area contributed by atoms with Crippen molar-refractivity contribution in [2.45, 2.75) is 7.43 Å². The van der Waals surface area contributed by atoms with E-state index in [1.54, 1.807) is 12.5 Å². The minimum atomic E-state index is 0. The van der Waals surface area contributed by atoms with Crippen LogP contribution in [0.2, 0.25) is 0 Å². The molecule has 0 unspecified atom stereocenters. The summed E-state index contributed by atoms with van der Waals surface area (Å²) in [5.74, 6) is 1.33. The molecule has 1 aromatic carbocycles. The standard InChI is InChI=1S/C13H9NO2.CH4/c1-2-4-10(5-3-1)16-13-11-7-9-15-12(11)6-8-14-13;/h1-9H;1H4. The van der Waals surface area contributed by atoms with E-state index >= 15 is 0 Å². The van der Waals surface area contributed by atoms with Crippen LogP contribution in [0.4, 0.5) is 0 Å². The minimum absolute atomic E-state index is 0. The van der Waals surface area contributed by atoms with Crippen LogP contribution in [0.3, 0.4) is 0 Å². The summed E-state index contributed by atoms with van der Waals surface area (Å²) in [6.07, 6.45) is 3.30. The van der Waals surface area contributed by atoms with Crippen molar-refractivity contribution in [3.8, 4) is 11.6 Å². The lowest BCUT2D eigenvalue weighted by atomic mass is 10.3. The summed E-state index contributed by atoms with van der Waals surface area (Å²) in [5.41, 5.74) is 0.779. The molecule has 0 amide bonds. The van der Waals surface area contributed by atoms with Crippen LogP contribution in [0.25, 0.3) is 11.0 Å². The van der Waals surface area contributed by atoms with Crippen molar-refractivity contribution < 1.29 is 9.15 Å². The molecular formula is C14H13NO2. The summed E-state index contributed by atoms with van der Waals surface area (Å²) in [5, 5.41) is 0.881. The van der Waals surface area contributed by atoms with Gasteiger partial charge in [-0.25, -0.2) is 4.98 Å². The predicted octanol–water partition coefficient (Wildman–Crippen LogP) is 4.26. The van der Waals surface area contributed by atoms with Gasteiger partial charge in [0.15, 0.2) is 0 Å². The van der Waals surface area contributed by atoms with Gasteiger partial charge in [-0.15, -0.1) is 0 Å². The lowest BCUT2D eigenvalue weighted by Gasteiger charge is -2.04. The number of pyridine rings is 1. The first kappa shape index (κ1) is 11.2. The van der Waals surface area contributed by atoms with E-state index < -0.39 is 0 Å². The Kier molecular flexibility index (Phi) is 3.10. The summed E-state index contributed by atoms with van der Waals surface area (Å²) in [4.78, 5) is 4.19. The van der Waals surface area contributed by atoms with Crippen LogP contribution in [-0.2, 0) is 0 Å². The summed E-state index contributed by atoms with van der Waals surface area (Å²) in [6.45, 7) is 0. The maximum Gasteiger partial charge on any atom is 0.230 e. The molecule has 3 rings (SSSR count). The van der Waals surface area contributed by atoms with E-state index in [0.717, 1.165) is 16.7 Å². The SMILES string of the molecule is C.c1ccc(Oc2nccc3occc23)cc1. The van der Waals surface area contributed by atoms with Crippen molar-refractivity contribution in [1.82, 2.24) is 4.98 Å². The van der Waals surface area contributed by atoms with Crippen molar-refractivity contribution in [3.05, 3.63) is 54.9 Å². The Balaban J connectivity index is 0.00000108. The highest BCUT2D eigenvalue weighted by Crippen LogP contribution is 2.27. The van der Waals surface area contributed by atoms with Gasteiger partial charge in [0.05, 0.1) is 11.6 Å². The fraction of sp³-hybridized carbons (Fsp3) is 0.0714. The number of rotatable bonds is 2. The highest BCUT2D eigenvalue weighted by atomic mass is 16.5. The fourth-order valence-corrected chi connectivity index (χ4v) is 1.55. The molecule has 0 saturated carbocycles. The lowest BCUT2D eigenvalue weighted by molar-refractivity contribution is 0.468. The molecule has 0 radical (unpaired) electrons. The van der Waals surface area contributed by atoms with Gasteiger partial charge in [-0.2, -0.15) is 0 Å².